The fraction of sp³-hybridized carbons (Fsp3) is 0.526. The van der Waals surface area contributed by atoms with Crippen molar-refractivity contribution in [1.82, 2.24) is 10.2 Å². The second-order valence-corrected chi connectivity index (χ2v) is 7.12. The summed E-state index contributed by atoms with van der Waals surface area (Å²) in [5.41, 5.74) is 2.42. The zero-order chi connectivity index (χ0) is 16.7. The highest BCUT2D eigenvalue weighted by Gasteiger charge is 2.48. The van der Waals surface area contributed by atoms with Gasteiger partial charge in [0.15, 0.2) is 0 Å². The van der Waals surface area contributed by atoms with Crippen LogP contribution in [-0.2, 0) is 20.8 Å². The van der Waals surface area contributed by atoms with E-state index >= 15 is 0 Å². The third-order valence-corrected chi connectivity index (χ3v) is 5.70. The lowest BCUT2D eigenvalue weighted by atomic mass is 9.81. The van der Waals surface area contributed by atoms with Crippen molar-refractivity contribution in [2.45, 2.75) is 44.6 Å². The van der Waals surface area contributed by atoms with Gasteiger partial charge in [-0.3, -0.25) is 19.3 Å². The van der Waals surface area contributed by atoms with Gasteiger partial charge in [0.2, 0.25) is 17.7 Å². The first-order valence-electron chi connectivity index (χ1n) is 8.87. The van der Waals surface area contributed by atoms with Crippen LogP contribution in [0.25, 0.3) is 0 Å². The average Bonchev–Trinajstić information content (AvgIpc) is 3.11. The van der Waals surface area contributed by atoms with Gasteiger partial charge in [0.1, 0.15) is 6.54 Å². The van der Waals surface area contributed by atoms with E-state index in [1.807, 2.05) is 18.2 Å². The first kappa shape index (κ1) is 15.4. The Labute approximate surface area is 141 Å². The number of hydrogen-bond acceptors (Lipinski definition) is 3. The molecule has 3 atom stereocenters. The quantitative estimate of drug-likeness (QED) is 0.864. The molecule has 0 radical (unpaired) electrons. The molecule has 5 heteroatoms. The Bertz CT molecular complexity index is 676. The maximum atomic E-state index is 12.4. The smallest absolute Gasteiger partial charge is 0.240 e. The molecule has 4 rings (SSSR count). The van der Waals surface area contributed by atoms with Crippen LogP contribution in [0, 0.1) is 11.8 Å². The van der Waals surface area contributed by atoms with E-state index in [0.29, 0.717) is 0 Å². The summed E-state index contributed by atoms with van der Waals surface area (Å²) >= 11 is 0. The molecule has 0 unspecified atom stereocenters. The minimum atomic E-state index is -0.239. The van der Waals surface area contributed by atoms with E-state index in [9.17, 15) is 14.4 Å². The highest BCUT2D eigenvalue weighted by atomic mass is 16.2. The molecule has 24 heavy (non-hydrogen) atoms. The number of rotatable bonds is 3. The van der Waals surface area contributed by atoms with Gasteiger partial charge >= 0.3 is 0 Å². The second kappa shape index (κ2) is 6.04. The lowest BCUT2D eigenvalue weighted by Crippen LogP contribution is -2.41. The number of benzene rings is 1. The number of nitrogens with one attached hydrogen (secondary N) is 1. The summed E-state index contributed by atoms with van der Waals surface area (Å²) in [7, 11) is 0. The summed E-state index contributed by atoms with van der Waals surface area (Å²) in [6.45, 7) is -0.136. The molecule has 2 fully saturated rings. The molecule has 1 saturated carbocycles. The molecular weight excluding hydrogens is 304 g/mol. The van der Waals surface area contributed by atoms with E-state index in [1.165, 1.54) is 10.5 Å². The van der Waals surface area contributed by atoms with Crippen LogP contribution in [0.3, 0.4) is 0 Å². The predicted octanol–water partition coefficient (Wildman–Crippen LogP) is 1.97. The Hall–Kier alpha value is -2.17. The van der Waals surface area contributed by atoms with Gasteiger partial charge in [-0.05, 0) is 36.8 Å². The summed E-state index contributed by atoms with van der Waals surface area (Å²) in [4.78, 5) is 38.5. The number of aryl methyl sites for hydroxylation is 1. The Kier molecular flexibility index (Phi) is 3.87. The Balaban J connectivity index is 1.42. The number of amides is 3. The highest BCUT2D eigenvalue weighted by Crippen LogP contribution is 2.38. The van der Waals surface area contributed by atoms with Crippen LogP contribution in [0.2, 0.25) is 0 Å². The molecule has 5 nitrogen and oxygen atoms in total. The van der Waals surface area contributed by atoms with Crippen molar-refractivity contribution in [3.63, 3.8) is 0 Å². The van der Waals surface area contributed by atoms with Crippen molar-refractivity contribution < 1.29 is 14.4 Å². The Morgan fingerprint density at radius 3 is 2.42 bits per heavy atom. The molecule has 3 amide bonds. The van der Waals surface area contributed by atoms with Crippen molar-refractivity contribution in [1.29, 1.82) is 0 Å². The van der Waals surface area contributed by atoms with Crippen LogP contribution in [0.15, 0.2) is 24.3 Å². The van der Waals surface area contributed by atoms with Gasteiger partial charge in [-0.15, -0.1) is 0 Å². The first-order valence-corrected chi connectivity index (χ1v) is 8.87. The van der Waals surface area contributed by atoms with E-state index in [1.54, 1.807) is 0 Å². The van der Waals surface area contributed by atoms with Crippen LogP contribution in [0.1, 0.15) is 49.3 Å². The van der Waals surface area contributed by atoms with Gasteiger partial charge in [0.05, 0.1) is 17.9 Å². The van der Waals surface area contributed by atoms with Gasteiger partial charge in [-0.1, -0.05) is 37.1 Å². The molecule has 1 aliphatic heterocycles. The van der Waals surface area contributed by atoms with Crippen molar-refractivity contribution in [2.24, 2.45) is 11.8 Å². The standard InChI is InChI=1S/C19H22N2O3/c22-17(20-16-10-9-12-5-1-2-6-13(12)16)11-21-18(23)14-7-3-4-8-15(14)19(21)24/h1-2,5-6,14-16H,3-4,7-11H2,(H,20,22)/t14-,15+,16-/m1/s1. The minimum Gasteiger partial charge on any atom is -0.348 e. The molecule has 0 bridgehead atoms. The van der Waals surface area contributed by atoms with Crippen molar-refractivity contribution in [2.75, 3.05) is 6.54 Å². The Morgan fingerprint density at radius 1 is 1.04 bits per heavy atom. The van der Waals surface area contributed by atoms with Crippen LogP contribution in [-0.4, -0.2) is 29.2 Å². The van der Waals surface area contributed by atoms with Gasteiger partial charge in [-0.2, -0.15) is 0 Å². The number of nitrogens with zero attached hydrogens (tertiary/aromatic N) is 1. The predicted molar refractivity (Wildman–Crippen MR) is 87.8 cm³/mol. The third kappa shape index (κ3) is 2.52. The van der Waals surface area contributed by atoms with Gasteiger partial charge < -0.3 is 5.32 Å². The average molecular weight is 326 g/mol. The summed E-state index contributed by atoms with van der Waals surface area (Å²) in [5.74, 6) is -0.909. The van der Waals surface area contributed by atoms with Gasteiger partial charge in [-0.25, -0.2) is 0 Å². The third-order valence-electron chi connectivity index (χ3n) is 5.70. The molecule has 0 spiro atoms. The molecule has 1 heterocycles. The number of hydrogen-bond donors (Lipinski definition) is 1. The van der Waals surface area contributed by atoms with E-state index in [4.69, 9.17) is 0 Å². The van der Waals surface area contributed by atoms with Gasteiger partial charge in [0.25, 0.3) is 0 Å². The van der Waals surface area contributed by atoms with Crippen LogP contribution in [0.5, 0.6) is 0 Å². The summed E-state index contributed by atoms with van der Waals surface area (Å²) in [6.07, 6.45) is 5.38. The van der Waals surface area contributed by atoms with Crippen LogP contribution < -0.4 is 5.32 Å². The lowest BCUT2D eigenvalue weighted by molar-refractivity contribution is -0.143. The fourth-order valence-electron chi connectivity index (χ4n) is 4.48. The monoisotopic (exact) mass is 326 g/mol. The van der Waals surface area contributed by atoms with E-state index in [0.717, 1.165) is 44.1 Å². The number of likely N-dealkylation sites (tertiary alicyclic amines) is 1. The number of carbonyl (C=O) groups excluding carboxylic acids is 3. The molecule has 1 saturated heterocycles. The molecule has 126 valence electrons. The van der Waals surface area contributed by atoms with Crippen LogP contribution in [0.4, 0.5) is 0 Å². The van der Waals surface area contributed by atoms with Crippen LogP contribution >= 0.6 is 0 Å². The fourth-order valence-corrected chi connectivity index (χ4v) is 4.48. The summed E-state index contributed by atoms with van der Waals surface area (Å²) in [6, 6.07) is 8.09. The largest absolute Gasteiger partial charge is 0.348 e. The van der Waals surface area contributed by atoms with E-state index in [2.05, 4.69) is 11.4 Å². The first-order chi connectivity index (χ1) is 11.6. The molecule has 1 N–H and O–H groups in total. The molecule has 3 aliphatic rings. The number of fused-ring (bicyclic) bond motifs is 2. The molecule has 2 aliphatic carbocycles. The topological polar surface area (TPSA) is 66.5 Å². The van der Waals surface area contributed by atoms with Crippen molar-refractivity contribution in [3.05, 3.63) is 35.4 Å². The maximum Gasteiger partial charge on any atom is 0.240 e. The van der Waals surface area contributed by atoms with Gasteiger partial charge in [0, 0.05) is 0 Å². The van der Waals surface area contributed by atoms with E-state index < -0.39 is 0 Å². The molecule has 1 aromatic carbocycles. The summed E-state index contributed by atoms with van der Waals surface area (Å²) < 4.78 is 0. The molecule has 0 aromatic heterocycles. The minimum absolute atomic E-state index is 0.0104. The SMILES string of the molecule is O=C(CN1C(=O)[C@H]2CCCC[C@H]2C1=O)N[C@@H]1CCc2ccccc21. The van der Waals surface area contributed by atoms with E-state index in [-0.39, 0.29) is 42.1 Å². The lowest BCUT2D eigenvalue weighted by Gasteiger charge is -2.19. The second-order valence-electron chi connectivity index (χ2n) is 7.12. The number of imide groups is 1. The van der Waals surface area contributed by atoms with Crippen molar-refractivity contribution in [3.8, 4) is 0 Å². The maximum absolute atomic E-state index is 12.4. The zero-order valence-electron chi connectivity index (χ0n) is 13.7. The summed E-state index contributed by atoms with van der Waals surface area (Å²) in [5, 5.41) is 3.00. The molecule has 1 aromatic rings. The van der Waals surface area contributed by atoms with Crippen molar-refractivity contribution >= 4 is 17.7 Å². The Morgan fingerprint density at radius 2 is 1.71 bits per heavy atom. The zero-order valence-corrected chi connectivity index (χ0v) is 13.7. The normalized spacial score (nSPS) is 28.7. The number of carbonyl (C=O) groups is 3. The highest BCUT2D eigenvalue weighted by molar-refractivity contribution is 6.07. The molecular formula is C19H22N2O3.